The van der Waals surface area contributed by atoms with E-state index in [0.717, 1.165) is 22.3 Å². The molecule has 4 atom stereocenters. The van der Waals surface area contributed by atoms with E-state index in [9.17, 15) is 24.3 Å². The van der Waals surface area contributed by atoms with Crippen molar-refractivity contribution in [3.05, 3.63) is 64.7 Å². The van der Waals surface area contributed by atoms with E-state index in [2.05, 4.69) is 26.7 Å². The highest BCUT2D eigenvalue weighted by Gasteiger charge is 2.31. The summed E-state index contributed by atoms with van der Waals surface area (Å²) in [7, 11) is 0. The lowest BCUT2D eigenvalue weighted by Crippen LogP contribution is -2.78. The molecule has 2 rings (SSSR count). The standard InChI is InChI=1S/C32H49N9O5/c1-19-15-22(42)16-20(2)23(19)18-27(41-29(44)24(34)11-8-14-38-32(36)37)31(46)39-25(12-6-7-13-33)30(45)40-26(28(35)43)17-21-9-4-3-5-10-21/h3-5,9-10,15-16,24-27,42H,6-8,11-14,17-18,33-34H2,1-2H3,(H2,35,43)(H,39,46)(H,40,45)(H,41,44)(H4,36,37,38)/p+2/t24-,25+,26+,27+/m1/s1. The molecule has 0 aliphatic rings. The van der Waals surface area contributed by atoms with Crippen molar-refractivity contribution < 1.29 is 35.0 Å². The van der Waals surface area contributed by atoms with Crippen LogP contribution in [0.3, 0.4) is 0 Å². The van der Waals surface area contributed by atoms with Gasteiger partial charge in [-0.3, -0.25) is 35.6 Å². The van der Waals surface area contributed by atoms with Gasteiger partial charge in [0.05, 0.1) is 6.54 Å². The molecule has 0 saturated heterocycles. The molecule has 2 aromatic rings. The smallest absolute Gasteiger partial charge is 0.338 e. The van der Waals surface area contributed by atoms with Gasteiger partial charge in [-0.05, 0) is 80.5 Å². The maximum atomic E-state index is 13.9. The fourth-order valence-corrected chi connectivity index (χ4v) is 5.09. The topological polar surface area (TPSA) is 270 Å². The van der Waals surface area contributed by atoms with E-state index in [4.69, 9.17) is 22.9 Å². The zero-order valence-electron chi connectivity index (χ0n) is 26.8. The first-order valence-corrected chi connectivity index (χ1v) is 15.5. The van der Waals surface area contributed by atoms with Crippen molar-refractivity contribution >= 4 is 29.6 Å². The van der Waals surface area contributed by atoms with Gasteiger partial charge in [0.25, 0.3) is 5.91 Å². The third kappa shape index (κ3) is 12.7. The third-order valence-corrected chi connectivity index (χ3v) is 7.67. The Morgan fingerprint density at radius 2 is 1.39 bits per heavy atom. The van der Waals surface area contributed by atoms with Crippen molar-refractivity contribution in [3.8, 4) is 5.75 Å². The van der Waals surface area contributed by atoms with Crippen LogP contribution in [0.5, 0.6) is 5.75 Å². The Hall–Kier alpha value is -4.69. The number of nitrogens with one attached hydrogen (secondary N) is 4. The molecule has 2 aromatic carbocycles. The van der Waals surface area contributed by atoms with Gasteiger partial charge in [-0.25, -0.2) is 0 Å². The van der Waals surface area contributed by atoms with Crippen molar-refractivity contribution in [2.75, 3.05) is 13.1 Å². The summed E-state index contributed by atoms with van der Waals surface area (Å²) in [6, 6.07) is 8.48. The largest absolute Gasteiger partial charge is 0.508 e. The number of aryl methyl sites for hydroxylation is 2. The normalized spacial score (nSPS) is 13.5. The zero-order chi connectivity index (χ0) is 34.2. The molecule has 0 bridgehead atoms. The van der Waals surface area contributed by atoms with Gasteiger partial charge < -0.3 is 38.3 Å². The molecule has 0 aliphatic heterocycles. The first-order valence-electron chi connectivity index (χ1n) is 15.5. The van der Waals surface area contributed by atoms with Crippen molar-refractivity contribution in [1.82, 2.24) is 16.0 Å². The van der Waals surface area contributed by atoms with Crippen LogP contribution in [-0.4, -0.2) is 72.0 Å². The number of hydrogen-bond donors (Lipinski definition) is 10. The maximum absolute atomic E-state index is 13.9. The SMILES string of the molecule is Cc1cc(O)cc(C)c1C[C@H](NC(=O)[C@H]([NH3+])CCC[NH+]=C(N)N)C(=O)N[C@@H](CCCCN)C(=O)N[C@@H](Cc1ccccc1)C(N)=O. The van der Waals surface area contributed by atoms with Crippen LogP contribution in [0.15, 0.2) is 42.5 Å². The fraction of sp³-hybridized carbons (Fsp3) is 0.469. The monoisotopic (exact) mass is 641 g/mol. The predicted molar refractivity (Wildman–Crippen MR) is 174 cm³/mol. The van der Waals surface area contributed by atoms with Gasteiger partial charge in [0, 0.05) is 19.3 Å². The molecule has 14 nitrogen and oxygen atoms in total. The second-order valence-corrected chi connectivity index (χ2v) is 11.5. The molecular weight excluding hydrogens is 590 g/mol. The number of unbranched alkanes of at least 4 members (excludes halogenated alkanes) is 1. The number of phenolic OH excluding ortho intramolecular Hbond substituents is 1. The second kappa shape index (κ2) is 19.0. The fourth-order valence-electron chi connectivity index (χ4n) is 5.09. The number of primary amides is 1. The summed E-state index contributed by atoms with van der Waals surface area (Å²) in [6.45, 7) is 4.45. The maximum Gasteiger partial charge on any atom is 0.338 e. The number of hydrogen-bond acceptors (Lipinski definition) is 6. The van der Waals surface area contributed by atoms with Gasteiger partial charge in [-0.1, -0.05) is 30.3 Å². The predicted octanol–water partition coefficient (Wildman–Crippen LogP) is -3.39. The minimum Gasteiger partial charge on any atom is -0.508 e. The molecule has 0 aromatic heterocycles. The lowest BCUT2D eigenvalue weighted by molar-refractivity contribution is -0.463. The summed E-state index contributed by atoms with van der Waals surface area (Å²) < 4.78 is 0. The van der Waals surface area contributed by atoms with Crippen LogP contribution in [-0.2, 0) is 32.0 Å². The number of phenols is 1. The summed E-state index contributed by atoms with van der Waals surface area (Å²) in [4.78, 5) is 55.6. The van der Waals surface area contributed by atoms with E-state index in [1.54, 1.807) is 26.0 Å². The van der Waals surface area contributed by atoms with Crippen molar-refractivity contribution in [3.63, 3.8) is 0 Å². The molecule has 0 heterocycles. The molecule has 0 fully saturated rings. The molecule has 14 heteroatoms. The Morgan fingerprint density at radius 3 is 1.98 bits per heavy atom. The summed E-state index contributed by atoms with van der Waals surface area (Å²) in [5.41, 5.74) is 29.1. The number of benzene rings is 2. The van der Waals surface area contributed by atoms with Crippen molar-refractivity contribution in [2.24, 2.45) is 22.9 Å². The highest BCUT2D eigenvalue weighted by molar-refractivity contribution is 5.94. The summed E-state index contributed by atoms with van der Waals surface area (Å²) in [6.07, 6.45) is 2.62. The van der Waals surface area contributed by atoms with Crippen LogP contribution < -0.4 is 49.6 Å². The number of aromatic hydroxyl groups is 1. The number of quaternary nitrogens is 1. The highest BCUT2D eigenvalue weighted by Crippen LogP contribution is 2.22. The van der Waals surface area contributed by atoms with Crippen LogP contribution in [0, 0.1) is 13.8 Å². The molecular formula is C32H51N9O5+2. The molecule has 252 valence electrons. The Balaban J connectivity index is 2.30. The Kier molecular flexibility index (Phi) is 15.5. The average molecular weight is 642 g/mol. The average Bonchev–Trinajstić information content (AvgIpc) is 2.99. The van der Waals surface area contributed by atoms with Gasteiger partial charge in [-0.2, -0.15) is 0 Å². The zero-order valence-corrected chi connectivity index (χ0v) is 26.8. The van der Waals surface area contributed by atoms with Crippen LogP contribution in [0.2, 0.25) is 0 Å². The third-order valence-electron chi connectivity index (χ3n) is 7.67. The molecule has 4 amide bonds. The Labute approximate surface area is 269 Å². The van der Waals surface area contributed by atoms with Gasteiger partial charge in [0.2, 0.25) is 17.7 Å². The first kappa shape index (κ1) is 37.5. The quantitative estimate of drug-likeness (QED) is 0.0419. The Bertz CT molecular complexity index is 1330. The molecule has 0 radical (unpaired) electrons. The van der Waals surface area contributed by atoms with Gasteiger partial charge in [0.1, 0.15) is 23.9 Å². The lowest BCUT2D eigenvalue weighted by Gasteiger charge is -2.26. The molecule has 0 saturated carbocycles. The Morgan fingerprint density at radius 1 is 0.804 bits per heavy atom. The van der Waals surface area contributed by atoms with Crippen LogP contribution in [0.1, 0.15) is 54.4 Å². The van der Waals surface area contributed by atoms with E-state index in [-0.39, 0.29) is 31.0 Å². The minimum absolute atomic E-state index is 0.0775. The van der Waals surface area contributed by atoms with Crippen LogP contribution in [0.25, 0.3) is 0 Å². The minimum atomic E-state index is -1.08. The second-order valence-electron chi connectivity index (χ2n) is 11.5. The van der Waals surface area contributed by atoms with Crippen molar-refractivity contribution in [1.29, 1.82) is 0 Å². The van der Waals surface area contributed by atoms with E-state index < -0.39 is 47.8 Å². The number of guanidine groups is 1. The van der Waals surface area contributed by atoms with Gasteiger partial charge >= 0.3 is 5.96 Å². The van der Waals surface area contributed by atoms with E-state index in [1.807, 2.05) is 30.3 Å². The highest BCUT2D eigenvalue weighted by atomic mass is 16.3. The van der Waals surface area contributed by atoms with Gasteiger partial charge in [0.15, 0.2) is 6.04 Å². The number of rotatable bonds is 19. The molecule has 0 aliphatic carbocycles. The molecule has 0 unspecified atom stereocenters. The van der Waals surface area contributed by atoms with Crippen LogP contribution in [0.4, 0.5) is 0 Å². The van der Waals surface area contributed by atoms with E-state index in [0.29, 0.717) is 38.8 Å². The lowest BCUT2D eigenvalue weighted by atomic mass is 9.95. The van der Waals surface area contributed by atoms with Crippen molar-refractivity contribution in [2.45, 2.75) is 83.0 Å². The summed E-state index contributed by atoms with van der Waals surface area (Å²) >= 11 is 0. The summed E-state index contributed by atoms with van der Waals surface area (Å²) in [5.74, 6) is -2.16. The molecule has 16 N–H and O–H groups in total. The van der Waals surface area contributed by atoms with Crippen LogP contribution >= 0.6 is 0 Å². The number of carbonyl (C=O) groups excluding carboxylic acids is 4. The molecule has 0 spiro atoms. The first-order chi connectivity index (χ1) is 21.8. The molecule has 46 heavy (non-hydrogen) atoms. The number of carbonyl (C=O) groups is 4. The number of nitrogens with two attached hydrogens (primary N) is 4. The van der Waals surface area contributed by atoms with E-state index in [1.165, 1.54) is 0 Å². The number of amides is 4. The summed E-state index contributed by atoms with van der Waals surface area (Å²) in [5, 5.41) is 18.3. The van der Waals surface area contributed by atoms with Gasteiger partial charge in [-0.15, -0.1) is 0 Å². The van der Waals surface area contributed by atoms with E-state index >= 15 is 0 Å².